The van der Waals surface area contributed by atoms with Crippen LogP contribution in [0.5, 0.6) is 0 Å². The van der Waals surface area contributed by atoms with Gasteiger partial charge in [0.1, 0.15) is 0 Å². The third-order valence-corrected chi connectivity index (χ3v) is 3.63. The van der Waals surface area contributed by atoms with Gasteiger partial charge < -0.3 is 10.6 Å². The molecule has 2 rings (SSSR count). The number of hydrogen-bond donors (Lipinski definition) is 2. The van der Waals surface area contributed by atoms with Crippen LogP contribution in [0.2, 0.25) is 0 Å². The molecule has 0 atom stereocenters. The van der Waals surface area contributed by atoms with Gasteiger partial charge in [-0.3, -0.25) is 4.79 Å². The first-order chi connectivity index (χ1) is 7.79. The van der Waals surface area contributed by atoms with Gasteiger partial charge in [0.05, 0.1) is 12.2 Å². The maximum absolute atomic E-state index is 11.5. The molecule has 1 aromatic heterocycles. The van der Waals surface area contributed by atoms with Crippen molar-refractivity contribution in [2.24, 2.45) is 0 Å². The van der Waals surface area contributed by atoms with Gasteiger partial charge in [-0.25, -0.2) is 4.98 Å². The van der Waals surface area contributed by atoms with Gasteiger partial charge in [-0.1, -0.05) is 6.92 Å². The minimum Gasteiger partial charge on any atom is -0.308 e. The average Bonchev–Trinajstić information content (AvgIpc) is 2.78. The summed E-state index contributed by atoms with van der Waals surface area (Å²) in [5.74, 6) is 0.000809. The third-order valence-electron chi connectivity index (χ3n) is 2.55. The van der Waals surface area contributed by atoms with Crippen molar-refractivity contribution in [1.29, 1.82) is 0 Å². The fourth-order valence-corrected chi connectivity index (χ4v) is 2.85. The molecule has 1 heterocycles. The van der Waals surface area contributed by atoms with E-state index in [9.17, 15) is 4.79 Å². The standard InChI is InChI=1S/C11H17N3OS/c1-2-6-12-7-10(15)14-11-13-8-4-3-5-9(8)16-11/h12H,2-7H2,1H3,(H,13,14,15). The van der Waals surface area contributed by atoms with Gasteiger partial charge in [0, 0.05) is 4.88 Å². The van der Waals surface area contributed by atoms with Crippen LogP contribution in [0.3, 0.4) is 0 Å². The van der Waals surface area contributed by atoms with Crippen LogP contribution in [0, 0.1) is 0 Å². The largest absolute Gasteiger partial charge is 0.308 e. The molecule has 1 aliphatic carbocycles. The topological polar surface area (TPSA) is 54.0 Å². The van der Waals surface area contributed by atoms with Crippen molar-refractivity contribution in [3.63, 3.8) is 0 Å². The lowest BCUT2D eigenvalue weighted by atomic mass is 10.4. The molecule has 4 nitrogen and oxygen atoms in total. The Morgan fingerprint density at radius 1 is 1.50 bits per heavy atom. The summed E-state index contributed by atoms with van der Waals surface area (Å²) in [6.07, 6.45) is 4.44. The molecule has 0 aliphatic heterocycles. The van der Waals surface area contributed by atoms with Gasteiger partial charge in [0.2, 0.25) is 5.91 Å². The molecule has 0 saturated heterocycles. The Morgan fingerprint density at radius 3 is 3.12 bits per heavy atom. The van der Waals surface area contributed by atoms with E-state index < -0.39 is 0 Å². The Hall–Kier alpha value is -0.940. The van der Waals surface area contributed by atoms with Crippen LogP contribution in [0.4, 0.5) is 5.13 Å². The van der Waals surface area contributed by atoms with E-state index in [0.717, 1.165) is 30.9 Å². The Bertz CT molecular complexity index is 354. The van der Waals surface area contributed by atoms with Crippen LogP contribution >= 0.6 is 11.3 Å². The molecule has 1 aliphatic rings. The number of anilines is 1. The zero-order valence-corrected chi connectivity index (χ0v) is 10.3. The number of hydrogen-bond acceptors (Lipinski definition) is 4. The van der Waals surface area contributed by atoms with E-state index in [1.165, 1.54) is 17.0 Å². The number of carbonyl (C=O) groups is 1. The van der Waals surface area contributed by atoms with Gasteiger partial charge >= 0.3 is 0 Å². The molecule has 1 amide bonds. The molecule has 0 unspecified atom stereocenters. The molecule has 0 radical (unpaired) electrons. The lowest BCUT2D eigenvalue weighted by molar-refractivity contribution is -0.115. The van der Waals surface area contributed by atoms with Gasteiger partial charge in [-0.15, -0.1) is 11.3 Å². The third kappa shape index (κ3) is 2.80. The highest BCUT2D eigenvalue weighted by atomic mass is 32.1. The van der Waals surface area contributed by atoms with E-state index in [1.807, 2.05) is 0 Å². The van der Waals surface area contributed by atoms with E-state index in [1.54, 1.807) is 11.3 Å². The maximum atomic E-state index is 11.5. The van der Waals surface area contributed by atoms with Crippen LogP contribution < -0.4 is 10.6 Å². The second-order valence-corrected chi connectivity index (χ2v) is 5.05. The number of amides is 1. The molecule has 0 spiro atoms. The molecule has 16 heavy (non-hydrogen) atoms. The summed E-state index contributed by atoms with van der Waals surface area (Å²) >= 11 is 1.62. The Kier molecular flexibility index (Phi) is 3.90. The minimum atomic E-state index is 0.000809. The molecule has 88 valence electrons. The molecular formula is C11H17N3OS. The second-order valence-electron chi connectivity index (χ2n) is 3.97. The number of rotatable bonds is 5. The molecule has 2 N–H and O–H groups in total. The van der Waals surface area contributed by atoms with E-state index >= 15 is 0 Å². The highest BCUT2D eigenvalue weighted by molar-refractivity contribution is 7.15. The summed E-state index contributed by atoms with van der Waals surface area (Å²) in [7, 11) is 0. The van der Waals surface area contributed by atoms with Gasteiger partial charge in [0.25, 0.3) is 0 Å². The summed E-state index contributed by atoms with van der Waals surface area (Å²) in [6.45, 7) is 3.33. The molecule has 0 fully saturated rings. The zero-order valence-electron chi connectivity index (χ0n) is 9.51. The predicted octanol–water partition coefficient (Wildman–Crippen LogP) is 1.57. The number of nitrogens with zero attached hydrogens (tertiary/aromatic N) is 1. The van der Waals surface area contributed by atoms with Crippen LogP contribution in [0.15, 0.2) is 0 Å². The number of aromatic nitrogens is 1. The number of thiazole rings is 1. The number of fused-ring (bicyclic) bond motifs is 1. The van der Waals surface area contributed by atoms with Crippen LogP contribution in [0.25, 0.3) is 0 Å². The number of nitrogens with one attached hydrogen (secondary N) is 2. The smallest absolute Gasteiger partial charge is 0.240 e. The lowest BCUT2D eigenvalue weighted by Crippen LogP contribution is -2.28. The minimum absolute atomic E-state index is 0.000809. The van der Waals surface area contributed by atoms with Crippen molar-refractivity contribution in [2.45, 2.75) is 32.6 Å². The van der Waals surface area contributed by atoms with Crippen molar-refractivity contribution in [2.75, 3.05) is 18.4 Å². The first kappa shape index (κ1) is 11.5. The van der Waals surface area contributed by atoms with Gasteiger partial charge in [0.15, 0.2) is 5.13 Å². The van der Waals surface area contributed by atoms with E-state index in [0.29, 0.717) is 6.54 Å². The highest BCUT2D eigenvalue weighted by Gasteiger charge is 2.17. The predicted molar refractivity (Wildman–Crippen MR) is 65.9 cm³/mol. The maximum Gasteiger partial charge on any atom is 0.240 e. The van der Waals surface area contributed by atoms with E-state index in [2.05, 4.69) is 22.5 Å². The van der Waals surface area contributed by atoms with Gasteiger partial charge in [-0.05, 0) is 32.2 Å². The van der Waals surface area contributed by atoms with Crippen LogP contribution in [0.1, 0.15) is 30.3 Å². The normalized spacial score (nSPS) is 13.8. The van der Waals surface area contributed by atoms with Gasteiger partial charge in [-0.2, -0.15) is 0 Å². The summed E-state index contributed by atoms with van der Waals surface area (Å²) < 4.78 is 0. The van der Waals surface area contributed by atoms with Crippen molar-refractivity contribution in [1.82, 2.24) is 10.3 Å². The second kappa shape index (κ2) is 5.41. The number of aryl methyl sites for hydroxylation is 2. The Balaban J connectivity index is 1.82. The van der Waals surface area contributed by atoms with Crippen LogP contribution in [-0.4, -0.2) is 24.0 Å². The highest BCUT2D eigenvalue weighted by Crippen LogP contribution is 2.30. The number of carbonyl (C=O) groups excluding carboxylic acids is 1. The molecule has 5 heteroatoms. The van der Waals surface area contributed by atoms with Crippen molar-refractivity contribution in [3.8, 4) is 0 Å². The Labute approximate surface area is 99.5 Å². The Morgan fingerprint density at radius 2 is 2.38 bits per heavy atom. The SMILES string of the molecule is CCCNCC(=O)Nc1nc2c(s1)CCC2. The first-order valence-electron chi connectivity index (χ1n) is 5.78. The zero-order chi connectivity index (χ0) is 11.4. The average molecular weight is 239 g/mol. The molecule has 0 aromatic carbocycles. The molecule has 0 saturated carbocycles. The molecular weight excluding hydrogens is 222 g/mol. The van der Waals surface area contributed by atoms with Crippen LogP contribution in [-0.2, 0) is 17.6 Å². The fraction of sp³-hybridized carbons (Fsp3) is 0.636. The fourth-order valence-electron chi connectivity index (χ4n) is 1.79. The summed E-state index contributed by atoms with van der Waals surface area (Å²) in [6, 6.07) is 0. The summed E-state index contributed by atoms with van der Waals surface area (Å²) in [4.78, 5) is 17.3. The summed E-state index contributed by atoms with van der Waals surface area (Å²) in [5.41, 5.74) is 1.18. The van der Waals surface area contributed by atoms with E-state index in [4.69, 9.17) is 0 Å². The van der Waals surface area contributed by atoms with Crippen molar-refractivity contribution in [3.05, 3.63) is 10.6 Å². The van der Waals surface area contributed by atoms with Crippen molar-refractivity contribution >= 4 is 22.4 Å². The molecule has 1 aromatic rings. The summed E-state index contributed by atoms with van der Waals surface area (Å²) in [5, 5.41) is 6.66. The van der Waals surface area contributed by atoms with Crippen molar-refractivity contribution < 1.29 is 4.79 Å². The molecule has 0 bridgehead atoms. The monoisotopic (exact) mass is 239 g/mol. The van der Waals surface area contributed by atoms with E-state index in [-0.39, 0.29) is 5.91 Å². The first-order valence-corrected chi connectivity index (χ1v) is 6.60. The quantitative estimate of drug-likeness (QED) is 0.767. The lowest BCUT2D eigenvalue weighted by Gasteiger charge is -2.02.